The standard InChI is InChI=1S/C8H16N2OS/c1-8(6-10-7(9)12)2-4-11-5-3-8/h2-6H2,1H3,(H3,9,10,12). The van der Waals surface area contributed by atoms with Gasteiger partial charge in [0.2, 0.25) is 0 Å². The summed E-state index contributed by atoms with van der Waals surface area (Å²) in [6.45, 7) is 4.82. The van der Waals surface area contributed by atoms with Gasteiger partial charge in [-0.2, -0.15) is 0 Å². The third-order valence-electron chi connectivity index (χ3n) is 2.39. The molecule has 70 valence electrons. The molecule has 0 amide bonds. The molecule has 0 aromatic rings. The Bertz CT molecular complexity index is 166. The Morgan fingerprint density at radius 2 is 2.17 bits per heavy atom. The molecule has 1 aliphatic heterocycles. The molecule has 1 fully saturated rings. The summed E-state index contributed by atoms with van der Waals surface area (Å²) in [5.74, 6) is 0. The van der Waals surface area contributed by atoms with Crippen LogP contribution in [0.1, 0.15) is 19.8 Å². The Labute approximate surface area is 78.7 Å². The summed E-state index contributed by atoms with van der Waals surface area (Å²) in [5.41, 5.74) is 5.66. The lowest BCUT2D eigenvalue weighted by Crippen LogP contribution is -2.41. The highest BCUT2D eigenvalue weighted by molar-refractivity contribution is 7.80. The van der Waals surface area contributed by atoms with Gasteiger partial charge >= 0.3 is 0 Å². The number of nitrogens with one attached hydrogen (secondary N) is 1. The molecule has 1 rings (SSSR count). The van der Waals surface area contributed by atoms with Crippen LogP contribution < -0.4 is 11.1 Å². The average Bonchev–Trinajstić information content (AvgIpc) is 2.03. The number of ether oxygens (including phenoxy) is 1. The fourth-order valence-corrected chi connectivity index (χ4v) is 1.41. The van der Waals surface area contributed by atoms with Crippen LogP contribution in [0.5, 0.6) is 0 Å². The van der Waals surface area contributed by atoms with Crippen LogP contribution in [0, 0.1) is 5.41 Å². The zero-order valence-corrected chi connectivity index (χ0v) is 8.25. The van der Waals surface area contributed by atoms with Crippen LogP contribution in [0.25, 0.3) is 0 Å². The summed E-state index contributed by atoms with van der Waals surface area (Å²) in [7, 11) is 0. The molecule has 3 N–H and O–H groups in total. The molecule has 1 heterocycles. The maximum absolute atomic E-state index is 5.36. The molecular formula is C8H16N2OS. The molecule has 0 saturated carbocycles. The molecule has 12 heavy (non-hydrogen) atoms. The molecule has 0 unspecified atom stereocenters. The van der Waals surface area contributed by atoms with E-state index >= 15 is 0 Å². The summed E-state index contributed by atoms with van der Waals surface area (Å²) < 4.78 is 5.28. The second-order valence-corrected chi connectivity index (χ2v) is 4.08. The first-order valence-electron chi connectivity index (χ1n) is 4.23. The maximum Gasteiger partial charge on any atom is 0.163 e. The van der Waals surface area contributed by atoms with Gasteiger partial charge in [-0.25, -0.2) is 0 Å². The highest BCUT2D eigenvalue weighted by Gasteiger charge is 2.26. The molecule has 0 spiro atoms. The van der Waals surface area contributed by atoms with Crippen molar-refractivity contribution in [3.05, 3.63) is 0 Å². The van der Waals surface area contributed by atoms with Crippen molar-refractivity contribution in [2.45, 2.75) is 19.8 Å². The van der Waals surface area contributed by atoms with Crippen molar-refractivity contribution < 1.29 is 4.74 Å². The molecule has 0 radical (unpaired) electrons. The van der Waals surface area contributed by atoms with E-state index in [-0.39, 0.29) is 0 Å². The average molecular weight is 188 g/mol. The second kappa shape index (κ2) is 4.05. The minimum Gasteiger partial charge on any atom is -0.381 e. The fourth-order valence-electron chi connectivity index (χ4n) is 1.34. The summed E-state index contributed by atoms with van der Waals surface area (Å²) in [4.78, 5) is 0. The molecule has 0 bridgehead atoms. The minimum atomic E-state index is 0.307. The molecule has 1 aliphatic rings. The Hall–Kier alpha value is -0.350. The van der Waals surface area contributed by atoms with Crippen molar-refractivity contribution in [3.8, 4) is 0 Å². The van der Waals surface area contributed by atoms with Crippen LogP contribution in [0.2, 0.25) is 0 Å². The summed E-state index contributed by atoms with van der Waals surface area (Å²) in [6, 6.07) is 0. The van der Waals surface area contributed by atoms with Crippen LogP contribution >= 0.6 is 12.2 Å². The van der Waals surface area contributed by atoms with Gasteiger partial charge < -0.3 is 15.8 Å². The normalized spacial score (nSPS) is 21.8. The first-order valence-corrected chi connectivity index (χ1v) is 4.64. The van der Waals surface area contributed by atoms with E-state index < -0.39 is 0 Å². The van der Waals surface area contributed by atoms with Crippen LogP contribution in [-0.2, 0) is 4.74 Å². The number of thiocarbonyl (C=S) groups is 1. The van der Waals surface area contributed by atoms with Crippen molar-refractivity contribution >= 4 is 17.3 Å². The largest absolute Gasteiger partial charge is 0.381 e. The van der Waals surface area contributed by atoms with Gasteiger partial charge in [0.1, 0.15) is 0 Å². The van der Waals surface area contributed by atoms with Gasteiger partial charge in [0.05, 0.1) is 0 Å². The highest BCUT2D eigenvalue weighted by Crippen LogP contribution is 2.28. The van der Waals surface area contributed by atoms with E-state index in [2.05, 4.69) is 12.2 Å². The van der Waals surface area contributed by atoms with E-state index in [9.17, 15) is 0 Å². The topological polar surface area (TPSA) is 47.3 Å². The monoisotopic (exact) mass is 188 g/mol. The molecular weight excluding hydrogens is 172 g/mol. The van der Waals surface area contributed by atoms with E-state index in [0.717, 1.165) is 32.6 Å². The molecule has 0 aliphatic carbocycles. The van der Waals surface area contributed by atoms with Crippen LogP contribution in [0.15, 0.2) is 0 Å². The zero-order valence-electron chi connectivity index (χ0n) is 7.43. The SMILES string of the molecule is CC1(CNC(N)=S)CCOCC1. The van der Waals surface area contributed by atoms with E-state index in [1.54, 1.807) is 0 Å². The quantitative estimate of drug-likeness (QED) is 0.624. The van der Waals surface area contributed by atoms with Crippen molar-refractivity contribution in [2.75, 3.05) is 19.8 Å². The van der Waals surface area contributed by atoms with Gasteiger partial charge in [-0.1, -0.05) is 6.92 Å². The number of nitrogens with two attached hydrogens (primary N) is 1. The van der Waals surface area contributed by atoms with E-state index in [1.807, 2.05) is 0 Å². The number of hydrogen-bond donors (Lipinski definition) is 2. The molecule has 1 saturated heterocycles. The van der Waals surface area contributed by atoms with E-state index in [1.165, 1.54) is 0 Å². The zero-order chi connectivity index (χ0) is 9.03. The lowest BCUT2D eigenvalue weighted by Gasteiger charge is -2.33. The van der Waals surface area contributed by atoms with Gasteiger partial charge in [0, 0.05) is 19.8 Å². The van der Waals surface area contributed by atoms with Crippen molar-refractivity contribution in [1.29, 1.82) is 0 Å². The van der Waals surface area contributed by atoms with Crippen LogP contribution in [0.3, 0.4) is 0 Å². The second-order valence-electron chi connectivity index (χ2n) is 3.64. The number of rotatable bonds is 2. The summed E-state index contributed by atoms with van der Waals surface area (Å²) in [6.07, 6.45) is 2.17. The molecule has 0 aromatic carbocycles. The van der Waals surface area contributed by atoms with E-state index in [4.69, 9.17) is 22.7 Å². The predicted molar refractivity (Wildman–Crippen MR) is 52.9 cm³/mol. The first kappa shape index (κ1) is 9.74. The van der Waals surface area contributed by atoms with Crippen molar-refractivity contribution in [3.63, 3.8) is 0 Å². The minimum absolute atomic E-state index is 0.307. The Kier molecular flexibility index (Phi) is 3.29. The van der Waals surface area contributed by atoms with Gasteiger partial charge in [-0.15, -0.1) is 0 Å². The Morgan fingerprint density at radius 3 is 2.67 bits per heavy atom. The Morgan fingerprint density at radius 1 is 1.58 bits per heavy atom. The Balaban J connectivity index is 2.31. The molecule has 3 nitrogen and oxygen atoms in total. The molecule has 0 aromatic heterocycles. The van der Waals surface area contributed by atoms with Crippen molar-refractivity contribution in [2.24, 2.45) is 11.1 Å². The third kappa shape index (κ3) is 2.95. The third-order valence-corrected chi connectivity index (χ3v) is 2.53. The van der Waals surface area contributed by atoms with Gasteiger partial charge in [0.25, 0.3) is 0 Å². The van der Waals surface area contributed by atoms with Gasteiger partial charge in [-0.3, -0.25) is 0 Å². The maximum atomic E-state index is 5.36. The molecule has 4 heteroatoms. The molecule has 0 atom stereocenters. The van der Waals surface area contributed by atoms with Crippen LogP contribution in [0.4, 0.5) is 0 Å². The fraction of sp³-hybridized carbons (Fsp3) is 0.875. The van der Waals surface area contributed by atoms with Crippen LogP contribution in [-0.4, -0.2) is 24.9 Å². The smallest absolute Gasteiger partial charge is 0.163 e. The first-order chi connectivity index (χ1) is 5.62. The lowest BCUT2D eigenvalue weighted by molar-refractivity contribution is 0.0262. The predicted octanol–water partition coefficient (Wildman–Crippen LogP) is 0.636. The summed E-state index contributed by atoms with van der Waals surface area (Å²) in [5, 5.41) is 3.40. The lowest BCUT2D eigenvalue weighted by atomic mass is 9.82. The van der Waals surface area contributed by atoms with E-state index in [0.29, 0.717) is 10.5 Å². The van der Waals surface area contributed by atoms with Gasteiger partial charge in [-0.05, 0) is 30.5 Å². The summed E-state index contributed by atoms with van der Waals surface area (Å²) >= 11 is 4.75. The highest BCUT2D eigenvalue weighted by atomic mass is 32.1. The van der Waals surface area contributed by atoms with Gasteiger partial charge in [0.15, 0.2) is 5.11 Å². The van der Waals surface area contributed by atoms with Crippen molar-refractivity contribution in [1.82, 2.24) is 5.32 Å². The number of hydrogen-bond acceptors (Lipinski definition) is 2.